The van der Waals surface area contributed by atoms with Gasteiger partial charge in [0.2, 0.25) is 0 Å². The van der Waals surface area contributed by atoms with E-state index in [0.29, 0.717) is 6.04 Å². The lowest BCUT2D eigenvalue weighted by Crippen LogP contribution is -2.42. The van der Waals surface area contributed by atoms with Crippen molar-refractivity contribution in [2.24, 2.45) is 5.84 Å². The Bertz CT molecular complexity index is 326. The van der Waals surface area contributed by atoms with Crippen LogP contribution < -0.4 is 11.3 Å². The van der Waals surface area contributed by atoms with Crippen molar-refractivity contribution in [2.45, 2.75) is 50.9 Å². The van der Waals surface area contributed by atoms with Gasteiger partial charge in [-0.15, -0.1) is 0 Å². The summed E-state index contributed by atoms with van der Waals surface area (Å²) in [7, 11) is 2.14. The topological polar surface area (TPSA) is 70.8 Å². The highest BCUT2D eigenvalue weighted by Crippen LogP contribution is 2.22. The van der Waals surface area contributed by atoms with Gasteiger partial charge in [0.15, 0.2) is 0 Å². The minimum absolute atomic E-state index is 0.152. The van der Waals surface area contributed by atoms with Crippen LogP contribution in [-0.2, 0) is 9.53 Å². The van der Waals surface area contributed by atoms with Gasteiger partial charge < -0.3 is 9.64 Å². The average molecular weight is 284 g/mol. The first-order valence-electron chi connectivity index (χ1n) is 7.72. The molecular weight excluding hydrogens is 256 g/mol. The van der Waals surface area contributed by atoms with Crippen LogP contribution in [0.25, 0.3) is 0 Å². The van der Waals surface area contributed by atoms with Gasteiger partial charge in [0.05, 0.1) is 6.10 Å². The minimum Gasteiger partial charge on any atom is -0.364 e. The summed E-state index contributed by atoms with van der Waals surface area (Å²) in [6, 6.07) is 0.676. The summed E-state index contributed by atoms with van der Waals surface area (Å²) in [5.74, 6) is 4.94. The van der Waals surface area contributed by atoms with E-state index in [1.54, 1.807) is 0 Å². The molecule has 0 aromatic rings. The Morgan fingerprint density at radius 3 is 2.90 bits per heavy atom. The van der Waals surface area contributed by atoms with Gasteiger partial charge in [-0.3, -0.25) is 15.1 Å². The molecule has 0 saturated carbocycles. The predicted octanol–water partition coefficient (Wildman–Crippen LogP) is -0.0600. The second-order valence-corrected chi connectivity index (χ2v) is 5.98. The Labute approximate surface area is 121 Å². The summed E-state index contributed by atoms with van der Waals surface area (Å²) in [6.45, 7) is 6.57. The first kappa shape index (κ1) is 15.7. The number of amides is 1. The Morgan fingerprint density at radius 2 is 2.20 bits per heavy atom. The van der Waals surface area contributed by atoms with Crippen LogP contribution in [0, 0.1) is 0 Å². The Balaban J connectivity index is 1.72. The van der Waals surface area contributed by atoms with E-state index in [-0.39, 0.29) is 18.1 Å². The van der Waals surface area contributed by atoms with E-state index in [9.17, 15) is 4.79 Å². The van der Waals surface area contributed by atoms with Crippen LogP contribution in [0.4, 0.5) is 0 Å². The summed E-state index contributed by atoms with van der Waals surface area (Å²) >= 11 is 0. The highest BCUT2D eigenvalue weighted by atomic mass is 16.5. The summed E-state index contributed by atoms with van der Waals surface area (Å²) in [6.07, 6.45) is 4.10. The molecule has 2 saturated heterocycles. The van der Waals surface area contributed by atoms with Crippen LogP contribution in [0.15, 0.2) is 0 Å². The quantitative estimate of drug-likeness (QED) is 0.406. The van der Waals surface area contributed by atoms with Crippen molar-refractivity contribution in [1.82, 2.24) is 15.2 Å². The molecule has 3 unspecified atom stereocenters. The lowest BCUT2D eigenvalue weighted by molar-refractivity contribution is -0.132. The van der Waals surface area contributed by atoms with E-state index in [1.165, 1.54) is 19.4 Å². The highest BCUT2D eigenvalue weighted by molar-refractivity contribution is 5.80. The fourth-order valence-electron chi connectivity index (χ4n) is 3.43. The highest BCUT2D eigenvalue weighted by Gasteiger charge is 2.31. The Hall–Kier alpha value is -0.690. The number of likely N-dealkylation sites (N-methyl/N-ethyl adjacent to an activating group) is 2. The number of carbonyl (C=O) groups excluding carboxylic acids is 1. The van der Waals surface area contributed by atoms with Crippen LogP contribution in [0.5, 0.6) is 0 Å². The Kier molecular flexibility index (Phi) is 5.77. The molecule has 1 amide bonds. The SMILES string of the molecule is CCN1CCCC1CN(C)CC1CCC(C(=O)NN)O1. The van der Waals surface area contributed by atoms with Crippen molar-refractivity contribution in [3.63, 3.8) is 0 Å². The molecule has 2 heterocycles. The molecular formula is C14H28N4O2. The Morgan fingerprint density at radius 1 is 1.40 bits per heavy atom. The van der Waals surface area contributed by atoms with Crippen LogP contribution in [0.1, 0.15) is 32.6 Å². The summed E-state index contributed by atoms with van der Waals surface area (Å²) in [4.78, 5) is 16.3. The zero-order chi connectivity index (χ0) is 14.5. The molecule has 116 valence electrons. The standard InChI is InChI=1S/C14H28N4O2/c1-3-18-8-4-5-11(18)9-17(2)10-12-6-7-13(20-12)14(19)16-15/h11-13H,3-10,15H2,1-2H3,(H,16,19). The third-order valence-electron chi connectivity index (χ3n) is 4.49. The van der Waals surface area contributed by atoms with Crippen molar-refractivity contribution in [1.29, 1.82) is 0 Å². The molecule has 0 bridgehead atoms. The summed E-state index contributed by atoms with van der Waals surface area (Å²) < 4.78 is 5.76. The van der Waals surface area contributed by atoms with Gasteiger partial charge in [0.1, 0.15) is 6.10 Å². The van der Waals surface area contributed by atoms with E-state index < -0.39 is 0 Å². The van der Waals surface area contributed by atoms with Crippen molar-refractivity contribution < 1.29 is 9.53 Å². The van der Waals surface area contributed by atoms with Gasteiger partial charge in [-0.2, -0.15) is 0 Å². The molecule has 2 aliphatic rings. The van der Waals surface area contributed by atoms with Crippen molar-refractivity contribution in [2.75, 3.05) is 33.2 Å². The number of nitrogens with zero attached hydrogens (tertiary/aromatic N) is 2. The first-order valence-corrected chi connectivity index (χ1v) is 7.72. The predicted molar refractivity (Wildman–Crippen MR) is 78.0 cm³/mol. The van der Waals surface area contributed by atoms with E-state index >= 15 is 0 Å². The molecule has 0 aromatic heterocycles. The van der Waals surface area contributed by atoms with Gasteiger partial charge in [-0.25, -0.2) is 5.84 Å². The minimum atomic E-state index is -0.364. The normalized spacial score (nSPS) is 31.1. The number of hydrazine groups is 1. The second kappa shape index (κ2) is 7.36. The number of nitrogens with one attached hydrogen (secondary N) is 1. The van der Waals surface area contributed by atoms with Crippen molar-refractivity contribution >= 4 is 5.91 Å². The second-order valence-electron chi connectivity index (χ2n) is 5.98. The largest absolute Gasteiger partial charge is 0.364 e. The lowest BCUT2D eigenvalue weighted by Gasteiger charge is -2.29. The number of nitrogens with two attached hydrogens (primary N) is 1. The molecule has 6 nitrogen and oxygen atoms in total. The molecule has 0 radical (unpaired) electrons. The van der Waals surface area contributed by atoms with E-state index in [2.05, 4.69) is 29.2 Å². The fourth-order valence-corrected chi connectivity index (χ4v) is 3.43. The number of ether oxygens (including phenoxy) is 1. The van der Waals surface area contributed by atoms with Gasteiger partial charge >= 0.3 is 0 Å². The molecule has 20 heavy (non-hydrogen) atoms. The van der Waals surface area contributed by atoms with Crippen LogP contribution in [0.2, 0.25) is 0 Å². The molecule has 0 aromatic carbocycles. The van der Waals surface area contributed by atoms with Gasteiger partial charge in [0, 0.05) is 19.1 Å². The number of likely N-dealkylation sites (tertiary alicyclic amines) is 1. The van der Waals surface area contributed by atoms with Crippen LogP contribution in [-0.4, -0.2) is 67.2 Å². The average Bonchev–Trinajstić information content (AvgIpc) is 3.06. The van der Waals surface area contributed by atoms with Crippen molar-refractivity contribution in [3.8, 4) is 0 Å². The van der Waals surface area contributed by atoms with Gasteiger partial charge in [0.25, 0.3) is 5.91 Å². The smallest absolute Gasteiger partial charge is 0.263 e. The molecule has 0 spiro atoms. The maximum Gasteiger partial charge on any atom is 0.263 e. The maximum atomic E-state index is 11.4. The van der Waals surface area contributed by atoms with E-state index in [4.69, 9.17) is 10.6 Å². The van der Waals surface area contributed by atoms with Gasteiger partial charge in [-0.1, -0.05) is 6.92 Å². The summed E-state index contributed by atoms with van der Waals surface area (Å²) in [5, 5.41) is 0. The zero-order valence-electron chi connectivity index (χ0n) is 12.7. The third-order valence-corrected chi connectivity index (χ3v) is 4.49. The molecule has 0 aliphatic carbocycles. The molecule has 2 fully saturated rings. The molecule has 2 aliphatic heterocycles. The van der Waals surface area contributed by atoms with E-state index in [1.807, 2.05) is 0 Å². The van der Waals surface area contributed by atoms with E-state index in [0.717, 1.165) is 32.5 Å². The third kappa shape index (κ3) is 3.91. The fraction of sp³-hybridized carbons (Fsp3) is 0.929. The molecule has 6 heteroatoms. The first-order chi connectivity index (χ1) is 9.63. The molecule has 2 rings (SSSR count). The maximum absolute atomic E-state index is 11.4. The monoisotopic (exact) mass is 284 g/mol. The van der Waals surface area contributed by atoms with Crippen LogP contribution in [0.3, 0.4) is 0 Å². The summed E-state index contributed by atoms with van der Waals surface area (Å²) in [5.41, 5.74) is 2.17. The number of carbonyl (C=O) groups is 1. The lowest BCUT2D eigenvalue weighted by atomic mass is 10.1. The van der Waals surface area contributed by atoms with Crippen molar-refractivity contribution in [3.05, 3.63) is 0 Å². The molecule has 3 atom stereocenters. The molecule has 3 N–H and O–H groups in total. The number of hydrogen-bond acceptors (Lipinski definition) is 5. The number of rotatable bonds is 6. The van der Waals surface area contributed by atoms with Gasteiger partial charge in [-0.05, 0) is 45.8 Å². The number of hydrogen-bond donors (Lipinski definition) is 2. The zero-order valence-corrected chi connectivity index (χ0v) is 12.7. The van der Waals surface area contributed by atoms with Crippen LogP contribution >= 0.6 is 0 Å².